The van der Waals surface area contributed by atoms with Crippen LogP contribution in [0.3, 0.4) is 0 Å². The molecular weight excluding hydrogens is 256 g/mol. The van der Waals surface area contributed by atoms with Crippen LogP contribution < -0.4 is 4.74 Å². The molecule has 0 saturated carbocycles. The maximum Gasteiger partial charge on any atom is 0.259 e. The van der Waals surface area contributed by atoms with E-state index in [0.717, 1.165) is 12.8 Å². The number of β-amino-alcohol motifs (C(OH)–C–C–N with tert-alkyl or cyclic N) is 1. The summed E-state index contributed by atoms with van der Waals surface area (Å²) >= 11 is 0. The highest BCUT2D eigenvalue weighted by Gasteiger charge is 2.25. The van der Waals surface area contributed by atoms with Gasteiger partial charge in [-0.25, -0.2) is 4.98 Å². The minimum atomic E-state index is -0.426. The van der Waals surface area contributed by atoms with E-state index >= 15 is 0 Å². The number of carbonyl (C=O) groups excluding carboxylic acids is 1. The topological polar surface area (TPSA) is 62.7 Å². The number of aliphatic hydroxyl groups is 1. The van der Waals surface area contributed by atoms with Crippen molar-refractivity contribution in [2.24, 2.45) is 5.92 Å². The van der Waals surface area contributed by atoms with Gasteiger partial charge in [-0.1, -0.05) is 13.8 Å². The van der Waals surface area contributed by atoms with Crippen LogP contribution in [-0.2, 0) is 0 Å². The summed E-state index contributed by atoms with van der Waals surface area (Å²) < 4.78 is 5.62. The number of aromatic nitrogens is 1. The first-order valence-electron chi connectivity index (χ1n) is 7.13. The third kappa shape index (κ3) is 3.70. The summed E-state index contributed by atoms with van der Waals surface area (Å²) in [5.41, 5.74) is 0.474. The number of hydrogen-bond acceptors (Lipinski definition) is 4. The molecule has 5 nitrogen and oxygen atoms in total. The van der Waals surface area contributed by atoms with Gasteiger partial charge in [0.25, 0.3) is 5.91 Å². The summed E-state index contributed by atoms with van der Waals surface area (Å²) in [5, 5.41) is 9.68. The molecule has 1 aliphatic rings. The molecule has 0 radical (unpaired) electrons. The predicted octanol–water partition coefficient (Wildman–Crippen LogP) is 1.71. The molecule has 0 aromatic carbocycles. The van der Waals surface area contributed by atoms with E-state index in [1.165, 1.54) is 0 Å². The number of hydrogen-bond donors (Lipinski definition) is 1. The SMILES string of the molecule is CC(C)COc1ncccc1C(=O)N1CCCC(O)C1. The molecule has 110 valence electrons. The van der Waals surface area contributed by atoms with Crippen molar-refractivity contribution in [1.29, 1.82) is 0 Å². The summed E-state index contributed by atoms with van der Waals surface area (Å²) in [6, 6.07) is 3.46. The molecule has 1 aromatic rings. The zero-order valence-corrected chi connectivity index (χ0v) is 12.1. The van der Waals surface area contributed by atoms with Gasteiger partial charge < -0.3 is 14.7 Å². The van der Waals surface area contributed by atoms with Crippen molar-refractivity contribution >= 4 is 5.91 Å². The summed E-state index contributed by atoms with van der Waals surface area (Å²) in [4.78, 5) is 18.3. The van der Waals surface area contributed by atoms with Crippen molar-refractivity contribution in [1.82, 2.24) is 9.88 Å². The van der Waals surface area contributed by atoms with Gasteiger partial charge in [-0.15, -0.1) is 0 Å². The molecule has 2 heterocycles. The second kappa shape index (κ2) is 6.70. The zero-order valence-electron chi connectivity index (χ0n) is 12.1. The van der Waals surface area contributed by atoms with Crippen LogP contribution >= 0.6 is 0 Å². The van der Waals surface area contributed by atoms with Crippen molar-refractivity contribution in [2.75, 3.05) is 19.7 Å². The maximum atomic E-state index is 12.5. The van der Waals surface area contributed by atoms with E-state index in [9.17, 15) is 9.90 Å². The summed E-state index contributed by atoms with van der Waals surface area (Å²) in [6.07, 6.45) is 2.78. The number of rotatable bonds is 4. The third-order valence-corrected chi connectivity index (χ3v) is 3.24. The molecular formula is C15H22N2O3. The van der Waals surface area contributed by atoms with E-state index in [-0.39, 0.29) is 5.91 Å². The molecule has 20 heavy (non-hydrogen) atoms. The number of carbonyl (C=O) groups is 1. The first kappa shape index (κ1) is 14.8. The zero-order chi connectivity index (χ0) is 14.5. The smallest absolute Gasteiger partial charge is 0.259 e. The molecule has 2 rings (SSSR count). The van der Waals surface area contributed by atoms with E-state index in [2.05, 4.69) is 4.98 Å². The average molecular weight is 278 g/mol. The Morgan fingerprint density at radius 2 is 2.40 bits per heavy atom. The van der Waals surface area contributed by atoms with Gasteiger partial charge in [-0.05, 0) is 30.9 Å². The van der Waals surface area contributed by atoms with E-state index in [4.69, 9.17) is 4.74 Å². The number of pyridine rings is 1. The molecule has 1 aromatic heterocycles. The van der Waals surface area contributed by atoms with Crippen molar-refractivity contribution in [3.63, 3.8) is 0 Å². The van der Waals surface area contributed by atoms with Crippen LogP contribution in [0.25, 0.3) is 0 Å². The van der Waals surface area contributed by atoms with Gasteiger partial charge in [0.2, 0.25) is 5.88 Å². The molecule has 1 saturated heterocycles. The summed E-state index contributed by atoms with van der Waals surface area (Å²) in [6.45, 7) is 5.68. The van der Waals surface area contributed by atoms with Gasteiger partial charge >= 0.3 is 0 Å². The number of aliphatic hydroxyl groups excluding tert-OH is 1. The minimum Gasteiger partial charge on any atom is -0.477 e. The van der Waals surface area contributed by atoms with Crippen LogP contribution in [0.15, 0.2) is 18.3 Å². The lowest BCUT2D eigenvalue weighted by molar-refractivity contribution is 0.0469. The second-order valence-corrected chi connectivity index (χ2v) is 5.61. The average Bonchev–Trinajstić information content (AvgIpc) is 2.44. The molecule has 5 heteroatoms. The molecule has 1 aliphatic heterocycles. The quantitative estimate of drug-likeness (QED) is 0.910. The molecule has 0 aliphatic carbocycles. The lowest BCUT2D eigenvalue weighted by Gasteiger charge is -2.30. The normalized spacial score (nSPS) is 19.2. The number of amides is 1. The Morgan fingerprint density at radius 3 is 3.10 bits per heavy atom. The van der Waals surface area contributed by atoms with Crippen LogP contribution in [0.4, 0.5) is 0 Å². The van der Waals surface area contributed by atoms with Gasteiger partial charge in [-0.2, -0.15) is 0 Å². The highest BCUT2D eigenvalue weighted by Crippen LogP contribution is 2.20. The monoisotopic (exact) mass is 278 g/mol. The number of nitrogens with zero attached hydrogens (tertiary/aromatic N) is 2. The Labute approximate surface area is 119 Å². The molecule has 0 bridgehead atoms. The van der Waals surface area contributed by atoms with Crippen LogP contribution in [0, 0.1) is 5.92 Å². The Hall–Kier alpha value is -1.62. The first-order valence-corrected chi connectivity index (χ1v) is 7.13. The fourth-order valence-electron chi connectivity index (χ4n) is 2.22. The van der Waals surface area contributed by atoms with Crippen LogP contribution in [0.1, 0.15) is 37.0 Å². The molecule has 1 N–H and O–H groups in total. The highest BCUT2D eigenvalue weighted by molar-refractivity contribution is 5.96. The van der Waals surface area contributed by atoms with Gasteiger partial charge in [0.15, 0.2) is 0 Å². The van der Waals surface area contributed by atoms with Gasteiger partial charge in [0.1, 0.15) is 5.56 Å². The van der Waals surface area contributed by atoms with E-state index in [0.29, 0.717) is 37.1 Å². The molecule has 1 atom stereocenters. The Balaban J connectivity index is 2.12. The van der Waals surface area contributed by atoms with Crippen molar-refractivity contribution in [3.05, 3.63) is 23.9 Å². The summed E-state index contributed by atoms with van der Waals surface area (Å²) in [7, 11) is 0. The van der Waals surface area contributed by atoms with Crippen LogP contribution in [0.5, 0.6) is 5.88 Å². The van der Waals surface area contributed by atoms with Crippen molar-refractivity contribution < 1.29 is 14.6 Å². The molecule has 1 unspecified atom stereocenters. The fourth-order valence-corrected chi connectivity index (χ4v) is 2.22. The first-order chi connectivity index (χ1) is 9.58. The lowest BCUT2D eigenvalue weighted by Crippen LogP contribution is -2.42. The Kier molecular flexibility index (Phi) is 4.95. The lowest BCUT2D eigenvalue weighted by atomic mass is 10.1. The van der Waals surface area contributed by atoms with Crippen molar-refractivity contribution in [3.8, 4) is 5.88 Å². The fraction of sp³-hybridized carbons (Fsp3) is 0.600. The number of piperidine rings is 1. The van der Waals surface area contributed by atoms with E-state index in [1.54, 1.807) is 23.2 Å². The molecule has 1 amide bonds. The molecule has 1 fully saturated rings. The Bertz CT molecular complexity index is 462. The highest BCUT2D eigenvalue weighted by atomic mass is 16.5. The third-order valence-electron chi connectivity index (χ3n) is 3.24. The van der Waals surface area contributed by atoms with Gasteiger partial charge in [0.05, 0.1) is 12.7 Å². The van der Waals surface area contributed by atoms with Crippen molar-refractivity contribution in [2.45, 2.75) is 32.8 Å². The van der Waals surface area contributed by atoms with Crippen LogP contribution in [0.2, 0.25) is 0 Å². The van der Waals surface area contributed by atoms with Gasteiger partial charge in [-0.3, -0.25) is 4.79 Å². The number of likely N-dealkylation sites (tertiary alicyclic amines) is 1. The maximum absolute atomic E-state index is 12.5. The van der Waals surface area contributed by atoms with E-state index < -0.39 is 6.10 Å². The summed E-state index contributed by atoms with van der Waals surface area (Å²) in [5.74, 6) is 0.638. The Morgan fingerprint density at radius 1 is 1.60 bits per heavy atom. The largest absolute Gasteiger partial charge is 0.477 e. The standard InChI is InChI=1S/C15H22N2O3/c1-11(2)10-20-14-13(6-3-7-16-14)15(19)17-8-4-5-12(18)9-17/h3,6-7,11-12,18H,4-5,8-10H2,1-2H3. The molecule has 0 spiro atoms. The van der Waals surface area contributed by atoms with Gasteiger partial charge in [0, 0.05) is 19.3 Å². The van der Waals surface area contributed by atoms with E-state index in [1.807, 2.05) is 13.8 Å². The number of ether oxygens (including phenoxy) is 1. The van der Waals surface area contributed by atoms with Crippen LogP contribution in [-0.4, -0.2) is 46.7 Å². The predicted molar refractivity (Wildman–Crippen MR) is 75.7 cm³/mol. The minimum absolute atomic E-state index is 0.115. The second-order valence-electron chi connectivity index (χ2n) is 5.61.